The van der Waals surface area contributed by atoms with E-state index in [1.54, 1.807) is 6.92 Å². The minimum Gasteiger partial charge on any atom is -0.449 e. The molecule has 1 N–H and O–H groups in total. The summed E-state index contributed by atoms with van der Waals surface area (Å²) in [5.74, 6) is -0.822. The largest absolute Gasteiger partial charge is 0.449 e. The summed E-state index contributed by atoms with van der Waals surface area (Å²) in [6.45, 7) is 9.20. The molecule has 1 amide bonds. The number of amides is 1. The summed E-state index contributed by atoms with van der Waals surface area (Å²) in [6.07, 6.45) is -0.878. The molecule has 0 aromatic heterocycles. The molecule has 4 heteroatoms. The van der Waals surface area contributed by atoms with Gasteiger partial charge in [-0.25, -0.2) is 4.79 Å². The molecule has 0 saturated carbocycles. The van der Waals surface area contributed by atoms with E-state index in [9.17, 15) is 9.59 Å². The van der Waals surface area contributed by atoms with Gasteiger partial charge in [0.25, 0.3) is 5.91 Å². The molecule has 2 rings (SSSR count). The molecule has 0 aliphatic rings. The number of esters is 1. The Morgan fingerprint density at radius 2 is 1.54 bits per heavy atom. The summed E-state index contributed by atoms with van der Waals surface area (Å²) < 4.78 is 5.36. The molecule has 0 spiro atoms. The second kappa shape index (κ2) is 7.30. The van der Waals surface area contributed by atoms with Crippen LogP contribution in [-0.4, -0.2) is 18.0 Å². The van der Waals surface area contributed by atoms with Gasteiger partial charge in [-0.15, -0.1) is 0 Å². The molecule has 126 valence electrons. The van der Waals surface area contributed by atoms with Crippen molar-refractivity contribution in [2.24, 2.45) is 0 Å². The molecular weight excluding hydrogens is 302 g/mol. The van der Waals surface area contributed by atoms with Crippen LogP contribution in [0.25, 0.3) is 0 Å². The van der Waals surface area contributed by atoms with Crippen LogP contribution in [0.2, 0.25) is 0 Å². The predicted molar refractivity (Wildman–Crippen MR) is 95.3 cm³/mol. The number of hydrogen-bond donors (Lipinski definition) is 1. The second-order valence-electron chi connectivity index (χ2n) is 6.13. The standard InChI is InChI=1S/C20H23NO3/c1-12-10-14(3)18(15(4)11-12)20(23)24-16(5)19(22)21-17-9-7-6-8-13(17)2/h6-11,16H,1-5H3,(H,21,22). The minimum atomic E-state index is -0.878. The van der Waals surface area contributed by atoms with Gasteiger partial charge in [-0.3, -0.25) is 4.79 Å². The Hall–Kier alpha value is -2.62. The van der Waals surface area contributed by atoms with Crippen molar-refractivity contribution in [3.63, 3.8) is 0 Å². The summed E-state index contributed by atoms with van der Waals surface area (Å²) in [5.41, 5.74) is 4.98. The number of aryl methyl sites for hydroxylation is 4. The van der Waals surface area contributed by atoms with Gasteiger partial charge < -0.3 is 10.1 Å². The van der Waals surface area contributed by atoms with E-state index in [1.165, 1.54) is 0 Å². The van der Waals surface area contributed by atoms with Gasteiger partial charge in [0.2, 0.25) is 0 Å². The Bertz CT molecular complexity index is 757. The minimum absolute atomic E-state index is 0.347. The van der Waals surface area contributed by atoms with Gasteiger partial charge in [-0.05, 0) is 57.4 Å². The van der Waals surface area contributed by atoms with Gasteiger partial charge in [-0.1, -0.05) is 35.9 Å². The molecule has 2 aromatic carbocycles. The van der Waals surface area contributed by atoms with Crippen molar-refractivity contribution in [1.29, 1.82) is 0 Å². The van der Waals surface area contributed by atoms with Gasteiger partial charge in [0.1, 0.15) is 0 Å². The van der Waals surface area contributed by atoms with E-state index < -0.39 is 12.1 Å². The number of carbonyl (C=O) groups excluding carboxylic acids is 2. The first kappa shape index (κ1) is 17.7. The summed E-state index contributed by atoms with van der Waals surface area (Å²) in [4.78, 5) is 24.7. The van der Waals surface area contributed by atoms with E-state index in [1.807, 2.05) is 64.1 Å². The number of anilines is 1. The lowest BCUT2D eigenvalue weighted by Gasteiger charge is -2.16. The smallest absolute Gasteiger partial charge is 0.339 e. The molecule has 0 saturated heterocycles. The first-order chi connectivity index (χ1) is 11.3. The van der Waals surface area contributed by atoms with Gasteiger partial charge >= 0.3 is 5.97 Å². The van der Waals surface area contributed by atoms with Crippen LogP contribution in [0.1, 0.15) is 39.5 Å². The zero-order valence-corrected chi connectivity index (χ0v) is 14.8. The first-order valence-corrected chi connectivity index (χ1v) is 7.95. The highest BCUT2D eigenvalue weighted by Crippen LogP contribution is 2.19. The maximum absolute atomic E-state index is 12.4. The van der Waals surface area contributed by atoms with E-state index in [-0.39, 0.29) is 5.91 Å². The molecule has 24 heavy (non-hydrogen) atoms. The maximum atomic E-state index is 12.4. The Labute approximate surface area is 142 Å². The third-order valence-electron chi connectivity index (χ3n) is 3.94. The predicted octanol–water partition coefficient (Wildman–Crippen LogP) is 4.10. The molecule has 0 heterocycles. The highest BCUT2D eigenvalue weighted by Gasteiger charge is 2.22. The number of para-hydroxylation sites is 1. The number of benzene rings is 2. The zero-order valence-electron chi connectivity index (χ0n) is 14.8. The Morgan fingerprint density at radius 1 is 0.958 bits per heavy atom. The average molecular weight is 325 g/mol. The van der Waals surface area contributed by atoms with Crippen LogP contribution >= 0.6 is 0 Å². The monoisotopic (exact) mass is 325 g/mol. The Balaban J connectivity index is 2.09. The highest BCUT2D eigenvalue weighted by molar-refractivity contribution is 5.98. The molecule has 0 radical (unpaired) electrons. The maximum Gasteiger partial charge on any atom is 0.339 e. The van der Waals surface area contributed by atoms with Crippen molar-refractivity contribution in [1.82, 2.24) is 0 Å². The number of rotatable bonds is 4. The van der Waals surface area contributed by atoms with Gasteiger partial charge in [-0.2, -0.15) is 0 Å². The Kier molecular flexibility index (Phi) is 5.39. The van der Waals surface area contributed by atoms with E-state index in [4.69, 9.17) is 4.74 Å². The molecule has 4 nitrogen and oxygen atoms in total. The van der Waals surface area contributed by atoms with Gasteiger partial charge in [0.05, 0.1) is 5.56 Å². The topological polar surface area (TPSA) is 55.4 Å². The van der Waals surface area contributed by atoms with Gasteiger partial charge in [0.15, 0.2) is 6.10 Å². The quantitative estimate of drug-likeness (QED) is 0.861. The summed E-state index contributed by atoms with van der Waals surface area (Å²) >= 11 is 0. The fraction of sp³-hybridized carbons (Fsp3) is 0.300. The number of ether oxygens (including phenoxy) is 1. The van der Waals surface area contributed by atoms with Crippen LogP contribution < -0.4 is 5.32 Å². The number of nitrogens with one attached hydrogen (secondary N) is 1. The van der Waals surface area contributed by atoms with Crippen LogP contribution in [0, 0.1) is 27.7 Å². The molecular formula is C20H23NO3. The molecule has 0 bridgehead atoms. The van der Waals surface area contributed by atoms with Crippen LogP contribution in [0.4, 0.5) is 5.69 Å². The van der Waals surface area contributed by atoms with E-state index in [2.05, 4.69) is 5.32 Å². The van der Waals surface area contributed by atoms with Crippen LogP contribution in [0.3, 0.4) is 0 Å². The molecule has 1 atom stereocenters. The molecule has 0 fully saturated rings. The SMILES string of the molecule is Cc1cc(C)c(C(=O)OC(C)C(=O)Nc2ccccc2C)c(C)c1. The fourth-order valence-electron chi connectivity index (χ4n) is 2.72. The third kappa shape index (κ3) is 4.02. The second-order valence-corrected chi connectivity index (χ2v) is 6.13. The van der Waals surface area contributed by atoms with Gasteiger partial charge in [0, 0.05) is 5.69 Å². The van der Waals surface area contributed by atoms with Crippen molar-refractivity contribution in [2.75, 3.05) is 5.32 Å². The average Bonchev–Trinajstić information content (AvgIpc) is 2.48. The first-order valence-electron chi connectivity index (χ1n) is 7.95. The summed E-state index contributed by atoms with van der Waals surface area (Å²) in [6, 6.07) is 11.3. The van der Waals surface area contributed by atoms with Crippen molar-refractivity contribution in [2.45, 2.75) is 40.7 Å². The lowest BCUT2D eigenvalue weighted by molar-refractivity contribution is -0.123. The fourth-order valence-corrected chi connectivity index (χ4v) is 2.72. The lowest BCUT2D eigenvalue weighted by Crippen LogP contribution is -2.30. The highest BCUT2D eigenvalue weighted by atomic mass is 16.5. The van der Waals surface area contributed by atoms with Crippen molar-refractivity contribution in [3.05, 3.63) is 64.2 Å². The van der Waals surface area contributed by atoms with Crippen LogP contribution in [0.15, 0.2) is 36.4 Å². The van der Waals surface area contributed by atoms with E-state index in [0.29, 0.717) is 11.3 Å². The molecule has 1 unspecified atom stereocenters. The van der Waals surface area contributed by atoms with Crippen molar-refractivity contribution < 1.29 is 14.3 Å². The summed E-state index contributed by atoms with van der Waals surface area (Å²) in [7, 11) is 0. The van der Waals surface area contributed by atoms with Crippen LogP contribution in [0.5, 0.6) is 0 Å². The number of carbonyl (C=O) groups is 2. The van der Waals surface area contributed by atoms with E-state index >= 15 is 0 Å². The number of hydrogen-bond acceptors (Lipinski definition) is 3. The van der Waals surface area contributed by atoms with Crippen LogP contribution in [-0.2, 0) is 9.53 Å². The zero-order chi connectivity index (χ0) is 17.9. The summed E-state index contributed by atoms with van der Waals surface area (Å²) in [5, 5.41) is 2.79. The third-order valence-corrected chi connectivity index (χ3v) is 3.94. The molecule has 0 aliphatic carbocycles. The normalized spacial score (nSPS) is 11.7. The Morgan fingerprint density at radius 3 is 2.12 bits per heavy atom. The van der Waals surface area contributed by atoms with E-state index in [0.717, 1.165) is 22.3 Å². The van der Waals surface area contributed by atoms with Crippen molar-refractivity contribution in [3.8, 4) is 0 Å². The molecule has 2 aromatic rings. The molecule has 0 aliphatic heterocycles. The lowest BCUT2D eigenvalue weighted by atomic mass is 10.00. The van der Waals surface area contributed by atoms with Crippen molar-refractivity contribution >= 4 is 17.6 Å².